The number of aryl methyl sites for hydroxylation is 1. The van der Waals surface area contributed by atoms with E-state index in [0.29, 0.717) is 19.6 Å². The van der Waals surface area contributed by atoms with Gasteiger partial charge < -0.3 is 10.6 Å². The van der Waals surface area contributed by atoms with Crippen molar-refractivity contribution in [3.63, 3.8) is 0 Å². The van der Waals surface area contributed by atoms with Crippen LogP contribution in [0.15, 0.2) is 24.3 Å². The molecule has 1 aromatic rings. The van der Waals surface area contributed by atoms with Crippen LogP contribution in [-0.4, -0.2) is 50.9 Å². The van der Waals surface area contributed by atoms with Crippen molar-refractivity contribution in [1.82, 2.24) is 14.9 Å². The third-order valence-corrected chi connectivity index (χ3v) is 7.21. The first kappa shape index (κ1) is 19.3. The highest BCUT2D eigenvalue weighted by Crippen LogP contribution is 2.22. The fraction of sp³-hybridized carbons (Fsp3) is 0.632. The molecular formula is C19H29N3O3S. The van der Waals surface area contributed by atoms with E-state index in [1.165, 1.54) is 0 Å². The number of carbonyl (C=O) groups excluding carboxylic acids is 1. The molecule has 6 nitrogen and oxygen atoms in total. The van der Waals surface area contributed by atoms with Crippen molar-refractivity contribution in [3.05, 3.63) is 35.4 Å². The monoisotopic (exact) mass is 379 g/mol. The van der Waals surface area contributed by atoms with Crippen molar-refractivity contribution < 1.29 is 13.2 Å². The summed E-state index contributed by atoms with van der Waals surface area (Å²) >= 11 is 0. The number of piperidine rings is 1. The van der Waals surface area contributed by atoms with Crippen molar-refractivity contribution in [3.8, 4) is 0 Å². The van der Waals surface area contributed by atoms with Gasteiger partial charge in [-0.15, -0.1) is 0 Å². The molecule has 144 valence electrons. The van der Waals surface area contributed by atoms with Crippen molar-refractivity contribution in [2.45, 2.75) is 44.4 Å². The van der Waals surface area contributed by atoms with E-state index in [1.54, 1.807) is 4.31 Å². The quantitative estimate of drug-likeness (QED) is 0.783. The molecule has 1 aromatic carbocycles. The van der Waals surface area contributed by atoms with Crippen LogP contribution in [-0.2, 0) is 20.6 Å². The number of benzene rings is 1. The van der Waals surface area contributed by atoms with E-state index >= 15 is 0 Å². The second-order valence-corrected chi connectivity index (χ2v) is 9.41. The van der Waals surface area contributed by atoms with Gasteiger partial charge in [0, 0.05) is 19.6 Å². The maximum absolute atomic E-state index is 12.8. The number of carbonyl (C=O) groups is 1. The van der Waals surface area contributed by atoms with Gasteiger partial charge in [0.05, 0.1) is 11.8 Å². The molecule has 0 radical (unpaired) electrons. The fourth-order valence-electron chi connectivity index (χ4n) is 3.78. The van der Waals surface area contributed by atoms with Crippen LogP contribution in [0.1, 0.15) is 36.8 Å². The number of nitrogens with zero attached hydrogens (tertiary/aromatic N) is 1. The Labute approximate surface area is 156 Å². The summed E-state index contributed by atoms with van der Waals surface area (Å²) in [5, 5.41) is 6.19. The first-order chi connectivity index (χ1) is 12.5. The summed E-state index contributed by atoms with van der Waals surface area (Å²) < 4.78 is 27.3. The molecule has 7 heteroatoms. The van der Waals surface area contributed by atoms with Gasteiger partial charge in [0.25, 0.3) is 0 Å². The molecule has 2 aliphatic heterocycles. The first-order valence-corrected chi connectivity index (χ1v) is 11.1. The van der Waals surface area contributed by atoms with Crippen LogP contribution in [0.2, 0.25) is 0 Å². The fourth-order valence-corrected chi connectivity index (χ4v) is 5.53. The van der Waals surface area contributed by atoms with Crippen LogP contribution in [0.3, 0.4) is 0 Å². The van der Waals surface area contributed by atoms with Gasteiger partial charge in [-0.2, -0.15) is 0 Å². The maximum Gasteiger partial charge on any atom is 0.237 e. The lowest BCUT2D eigenvalue weighted by molar-refractivity contribution is -0.123. The van der Waals surface area contributed by atoms with Gasteiger partial charge in [-0.05, 0) is 56.2 Å². The summed E-state index contributed by atoms with van der Waals surface area (Å²) in [4.78, 5) is 12.1. The zero-order valence-corrected chi connectivity index (χ0v) is 16.2. The highest BCUT2D eigenvalue weighted by atomic mass is 32.2. The summed E-state index contributed by atoms with van der Waals surface area (Å²) in [7, 11) is -3.34. The summed E-state index contributed by atoms with van der Waals surface area (Å²) in [6, 6.07) is 7.53. The van der Waals surface area contributed by atoms with E-state index in [9.17, 15) is 13.2 Å². The lowest BCUT2D eigenvalue weighted by Gasteiger charge is -2.32. The van der Waals surface area contributed by atoms with Crippen LogP contribution >= 0.6 is 0 Å². The Bertz CT molecular complexity index is 729. The Balaban J connectivity index is 1.55. The summed E-state index contributed by atoms with van der Waals surface area (Å²) in [5.74, 6) is 0.272. The molecule has 2 atom stereocenters. The van der Waals surface area contributed by atoms with Gasteiger partial charge in [0.1, 0.15) is 0 Å². The molecule has 2 unspecified atom stereocenters. The number of hydrogen-bond acceptors (Lipinski definition) is 4. The van der Waals surface area contributed by atoms with Crippen LogP contribution in [0.5, 0.6) is 0 Å². The van der Waals surface area contributed by atoms with E-state index in [2.05, 4.69) is 10.6 Å². The lowest BCUT2D eigenvalue weighted by Crippen LogP contribution is -2.46. The smallest absolute Gasteiger partial charge is 0.237 e. The number of nitrogens with one attached hydrogen (secondary N) is 2. The Kier molecular flexibility index (Phi) is 6.32. The van der Waals surface area contributed by atoms with Crippen molar-refractivity contribution in [2.24, 2.45) is 5.92 Å². The second-order valence-electron chi connectivity index (χ2n) is 7.44. The standard InChI is InChI=1S/C19H29N3O3S/c1-15-6-2-3-8-17(15)14-26(24,25)22-11-5-7-16(13-22)12-21-19(23)18-9-4-10-20-18/h2-3,6,8,16,18,20H,4-5,7,9-14H2,1H3,(H,21,23). The minimum atomic E-state index is -3.34. The third kappa shape index (κ3) is 4.84. The Morgan fingerprint density at radius 1 is 1.27 bits per heavy atom. The highest BCUT2D eigenvalue weighted by Gasteiger charge is 2.30. The number of amides is 1. The zero-order chi connectivity index (χ0) is 18.6. The van der Waals surface area contributed by atoms with Crippen LogP contribution < -0.4 is 10.6 Å². The Hall–Kier alpha value is -1.44. The molecule has 2 N–H and O–H groups in total. The normalized spacial score (nSPS) is 24.5. The van der Waals surface area contributed by atoms with Crippen molar-refractivity contribution in [2.75, 3.05) is 26.2 Å². The van der Waals surface area contributed by atoms with Gasteiger partial charge in [-0.3, -0.25) is 4.79 Å². The minimum absolute atomic E-state index is 0.0439. The second kappa shape index (κ2) is 8.50. The lowest BCUT2D eigenvalue weighted by atomic mass is 9.99. The first-order valence-electron chi connectivity index (χ1n) is 9.49. The predicted molar refractivity (Wildman–Crippen MR) is 102 cm³/mol. The molecule has 2 fully saturated rings. The van der Waals surface area contributed by atoms with E-state index in [-0.39, 0.29) is 23.6 Å². The molecular weight excluding hydrogens is 350 g/mol. The molecule has 0 aliphatic carbocycles. The maximum atomic E-state index is 12.8. The molecule has 0 bridgehead atoms. The van der Waals surface area contributed by atoms with Crippen molar-refractivity contribution >= 4 is 15.9 Å². The van der Waals surface area contributed by atoms with Crippen molar-refractivity contribution in [1.29, 1.82) is 0 Å². The average Bonchev–Trinajstić information content (AvgIpc) is 3.17. The molecule has 0 spiro atoms. The summed E-state index contributed by atoms with van der Waals surface area (Å²) in [6.07, 6.45) is 3.71. The molecule has 0 saturated carbocycles. The molecule has 0 aromatic heterocycles. The number of rotatable bonds is 6. The summed E-state index contributed by atoms with van der Waals surface area (Å²) in [5.41, 5.74) is 1.86. The predicted octanol–water partition coefficient (Wildman–Crippen LogP) is 1.41. The van der Waals surface area contributed by atoms with Gasteiger partial charge in [-0.25, -0.2) is 12.7 Å². The SMILES string of the molecule is Cc1ccccc1CS(=O)(=O)N1CCCC(CNC(=O)C2CCCN2)C1. The number of sulfonamides is 1. The van der Waals surface area contributed by atoms with Crippen LogP contribution in [0.4, 0.5) is 0 Å². The molecule has 2 aliphatic rings. The minimum Gasteiger partial charge on any atom is -0.354 e. The Morgan fingerprint density at radius 2 is 2.08 bits per heavy atom. The van der Waals surface area contributed by atoms with E-state index in [1.807, 2.05) is 31.2 Å². The van der Waals surface area contributed by atoms with Gasteiger partial charge in [-0.1, -0.05) is 24.3 Å². The molecule has 1 amide bonds. The number of hydrogen-bond donors (Lipinski definition) is 2. The summed E-state index contributed by atoms with van der Waals surface area (Å²) in [6.45, 7) is 4.45. The molecule has 2 heterocycles. The van der Waals surface area contributed by atoms with Gasteiger partial charge in [0.15, 0.2) is 0 Å². The average molecular weight is 380 g/mol. The molecule has 3 rings (SSSR count). The van der Waals surface area contributed by atoms with Crippen LogP contribution in [0, 0.1) is 12.8 Å². The Morgan fingerprint density at radius 3 is 2.81 bits per heavy atom. The van der Waals surface area contributed by atoms with Gasteiger partial charge >= 0.3 is 0 Å². The third-order valence-electron chi connectivity index (χ3n) is 5.42. The van der Waals surface area contributed by atoms with E-state index in [4.69, 9.17) is 0 Å². The largest absolute Gasteiger partial charge is 0.354 e. The molecule has 26 heavy (non-hydrogen) atoms. The zero-order valence-electron chi connectivity index (χ0n) is 15.4. The van der Waals surface area contributed by atoms with Gasteiger partial charge in [0.2, 0.25) is 15.9 Å². The highest BCUT2D eigenvalue weighted by molar-refractivity contribution is 7.88. The van der Waals surface area contributed by atoms with Crippen LogP contribution in [0.25, 0.3) is 0 Å². The van der Waals surface area contributed by atoms with E-state index < -0.39 is 10.0 Å². The molecule has 2 saturated heterocycles. The van der Waals surface area contributed by atoms with E-state index in [0.717, 1.165) is 43.4 Å². The topological polar surface area (TPSA) is 78.5 Å².